The Morgan fingerprint density at radius 1 is 1.54 bits per heavy atom. The standard InChI is InChI=1S/C9H15N3O/c1-8-2-4-12(5-3-8)6-9-10-7-13-11-9/h7-8H,2-6H2,1H3. The van der Waals surface area contributed by atoms with Crippen LogP contribution < -0.4 is 0 Å². The largest absolute Gasteiger partial charge is 0.343 e. The Kier molecular flexibility index (Phi) is 2.59. The first-order valence-corrected chi connectivity index (χ1v) is 4.82. The molecule has 1 aromatic heterocycles. The monoisotopic (exact) mass is 181 g/mol. The maximum Gasteiger partial charge on any atom is 0.213 e. The summed E-state index contributed by atoms with van der Waals surface area (Å²) in [5, 5.41) is 3.80. The Hall–Kier alpha value is -0.900. The van der Waals surface area contributed by atoms with E-state index in [9.17, 15) is 0 Å². The first-order valence-electron chi connectivity index (χ1n) is 4.82. The summed E-state index contributed by atoms with van der Waals surface area (Å²) in [6.07, 6.45) is 3.97. The summed E-state index contributed by atoms with van der Waals surface area (Å²) in [6.45, 7) is 5.47. The van der Waals surface area contributed by atoms with Gasteiger partial charge in [0.25, 0.3) is 0 Å². The van der Waals surface area contributed by atoms with Crippen LogP contribution in [0.25, 0.3) is 0 Å². The molecule has 1 aliphatic rings. The lowest BCUT2D eigenvalue weighted by Crippen LogP contribution is -2.32. The minimum atomic E-state index is 0.801. The highest BCUT2D eigenvalue weighted by Crippen LogP contribution is 2.16. The van der Waals surface area contributed by atoms with Crippen LogP contribution in [0.5, 0.6) is 0 Å². The van der Waals surface area contributed by atoms with Crippen LogP contribution in [-0.4, -0.2) is 28.1 Å². The number of rotatable bonds is 2. The molecule has 0 radical (unpaired) electrons. The van der Waals surface area contributed by atoms with Crippen LogP contribution in [0.15, 0.2) is 10.9 Å². The van der Waals surface area contributed by atoms with Crippen LogP contribution in [0.4, 0.5) is 0 Å². The van der Waals surface area contributed by atoms with Gasteiger partial charge in [-0.1, -0.05) is 12.1 Å². The summed E-state index contributed by atoms with van der Waals surface area (Å²) in [5.41, 5.74) is 0. The third-order valence-corrected chi connectivity index (χ3v) is 2.65. The molecule has 0 atom stereocenters. The molecule has 1 saturated heterocycles. The highest BCUT2D eigenvalue weighted by Gasteiger charge is 2.16. The minimum Gasteiger partial charge on any atom is -0.343 e. The van der Waals surface area contributed by atoms with Crippen molar-refractivity contribution >= 4 is 0 Å². The predicted octanol–water partition coefficient (Wildman–Crippen LogP) is 1.30. The van der Waals surface area contributed by atoms with Gasteiger partial charge >= 0.3 is 0 Å². The topological polar surface area (TPSA) is 42.2 Å². The third kappa shape index (κ3) is 2.28. The van der Waals surface area contributed by atoms with E-state index in [1.165, 1.54) is 19.2 Å². The second-order valence-corrected chi connectivity index (χ2v) is 3.81. The van der Waals surface area contributed by atoms with Crippen LogP contribution in [0.3, 0.4) is 0 Å². The lowest BCUT2D eigenvalue weighted by Gasteiger charge is -2.28. The van der Waals surface area contributed by atoms with Crippen molar-refractivity contribution in [2.45, 2.75) is 26.3 Å². The Morgan fingerprint density at radius 3 is 2.92 bits per heavy atom. The molecule has 0 N–H and O–H groups in total. The molecule has 0 bridgehead atoms. The SMILES string of the molecule is CC1CCN(Cc2ncon2)CC1. The molecule has 13 heavy (non-hydrogen) atoms. The molecule has 0 aliphatic carbocycles. The summed E-state index contributed by atoms with van der Waals surface area (Å²) in [7, 11) is 0. The van der Waals surface area contributed by atoms with Crippen molar-refractivity contribution in [2.24, 2.45) is 5.92 Å². The molecular weight excluding hydrogens is 166 g/mol. The smallest absolute Gasteiger partial charge is 0.213 e. The van der Waals surface area contributed by atoms with Crippen molar-refractivity contribution in [1.82, 2.24) is 15.0 Å². The van der Waals surface area contributed by atoms with Gasteiger partial charge in [0.1, 0.15) is 0 Å². The summed E-state index contributed by atoms with van der Waals surface area (Å²) in [6, 6.07) is 0. The fraction of sp³-hybridized carbons (Fsp3) is 0.778. The minimum absolute atomic E-state index is 0.801. The Labute approximate surface area is 77.9 Å². The Balaban J connectivity index is 1.83. The zero-order valence-corrected chi connectivity index (χ0v) is 7.94. The van der Waals surface area contributed by atoms with E-state index in [-0.39, 0.29) is 0 Å². The average Bonchev–Trinajstić information content (AvgIpc) is 2.62. The van der Waals surface area contributed by atoms with Gasteiger partial charge < -0.3 is 4.52 Å². The molecule has 4 nitrogen and oxygen atoms in total. The molecule has 0 spiro atoms. The summed E-state index contributed by atoms with van der Waals surface area (Å²) >= 11 is 0. The third-order valence-electron chi connectivity index (χ3n) is 2.65. The molecule has 0 saturated carbocycles. The molecule has 0 amide bonds. The van der Waals surface area contributed by atoms with E-state index >= 15 is 0 Å². The van der Waals surface area contributed by atoms with Gasteiger partial charge in [-0.2, -0.15) is 4.98 Å². The number of likely N-dealkylation sites (tertiary alicyclic amines) is 1. The van der Waals surface area contributed by atoms with E-state index in [2.05, 4.69) is 26.5 Å². The van der Waals surface area contributed by atoms with Crippen LogP contribution >= 0.6 is 0 Å². The predicted molar refractivity (Wildman–Crippen MR) is 48.0 cm³/mol. The number of hydrogen-bond donors (Lipinski definition) is 0. The molecule has 0 unspecified atom stereocenters. The van der Waals surface area contributed by atoms with Crippen molar-refractivity contribution in [3.8, 4) is 0 Å². The second-order valence-electron chi connectivity index (χ2n) is 3.81. The fourth-order valence-electron chi connectivity index (χ4n) is 1.68. The lowest BCUT2D eigenvalue weighted by atomic mass is 9.99. The lowest BCUT2D eigenvalue weighted by molar-refractivity contribution is 0.179. The van der Waals surface area contributed by atoms with Crippen molar-refractivity contribution in [1.29, 1.82) is 0 Å². The molecular formula is C9H15N3O. The van der Waals surface area contributed by atoms with Crippen molar-refractivity contribution < 1.29 is 4.52 Å². The zero-order chi connectivity index (χ0) is 9.10. The Bertz CT molecular complexity index is 239. The van der Waals surface area contributed by atoms with E-state index in [1.54, 1.807) is 0 Å². The molecule has 1 aromatic rings. The first kappa shape index (κ1) is 8.69. The maximum absolute atomic E-state index is 4.69. The highest BCUT2D eigenvalue weighted by atomic mass is 16.5. The van der Waals surface area contributed by atoms with Crippen molar-refractivity contribution in [2.75, 3.05) is 13.1 Å². The Morgan fingerprint density at radius 2 is 2.31 bits per heavy atom. The van der Waals surface area contributed by atoms with E-state index in [4.69, 9.17) is 0 Å². The molecule has 4 heteroatoms. The van der Waals surface area contributed by atoms with Crippen LogP contribution in [0, 0.1) is 5.92 Å². The van der Waals surface area contributed by atoms with Gasteiger partial charge in [0.05, 0.1) is 6.54 Å². The van der Waals surface area contributed by atoms with Crippen LogP contribution in [-0.2, 0) is 6.54 Å². The van der Waals surface area contributed by atoms with E-state index in [0.717, 1.165) is 31.4 Å². The quantitative estimate of drug-likeness (QED) is 0.689. The molecule has 1 fully saturated rings. The van der Waals surface area contributed by atoms with E-state index in [0.29, 0.717) is 0 Å². The summed E-state index contributed by atoms with van der Waals surface area (Å²) < 4.78 is 4.69. The fourth-order valence-corrected chi connectivity index (χ4v) is 1.68. The van der Waals surface area contributed by atoms with E-state index in [1.807, 2.05) is 0 Å². The molecule has 1 aliphatic heterocycles. The maximum atomic E-state index is 4.69. The van der Waals surface area contributed by atoms with Crippen LogP contribution in [0.2, 0.25) is 0 Å². The number of hydrogen-bond acceptors (Lipinski definition) is 4. The van der Waals surface area contributed by atoms with Gasteiger partial charge in [0, 0.05) is 0 Å². The van der Waals surface area contributed by atoms with Crippen molar-refractivity contribution in [3.05, 3.63) is 12.2 Å². The van der Waals surface area contributed by atoms with Gasteiger partial charge in [0.2, 0.25) is 6.39 Å². The number of nitrogens with zero attached hydrogens (tertiary/aromatic N) is 3. The highest BCUT2D eigenvalue weighted by molar-refractivity contribution is 4.80. The van der Waals surface area contributed by atoms with E-state index < -0.39 is 0 Å². The first-order chi connectivity index (χ1) is 6.34. The van der Waals surface area contributed by atoms with Gasteiger partial charge in [-0.25, -0.2) is 0 Å². The van der Waals surface area contributed by atoms with Crippen LogP contribution in [0.1, 0.15) is 25.6 Å². The van der Waals surface area contributed by atoms with Crippen molar-refractivity contribution in [3.63, 3.8) is 0 Å². The number of piperidine rings is 1. The van der Waals surface area contributed by atoms with Gasteiger partial charge in [-0.05, 0) is 31.8 Å². The average molecular weight is 181 g/mol. The summed E-state index contributed by atoms with van der Waals surface area (Å²) in [4.78, 5) is 6.39. The van der Waals surface area contributed by atoms with Gasteiger partial charge in [-0.3, -0.25) is 4.90 Å². The molecule has 72 valence electrons. The number of aromatic nitrogens is 2. The normalized spacial score (nSPS) is 20.7. The van der Waals surface area contributed by atoms with Gasteiger partial charge in [-0.15, -0.1) is 0 Å². The van der Waals surface area contributed by atoms with Gasteiger partial charge in [0.15, 0.2) is 5.82 Å². The second kappa shape index (κ2) is 3.87. The molecule has 2 heterocycles. The molecule has 2 rings (SSSR count). The zero-order valence-electron chi connectivity index (χ0n) is 7.94. The molecule has 0 aromatic carbocycles. The summed E-state index contributed by atoms with van der Waals surface area (Å²) in [5.74, 6) is 1.68.